The predicted octanol–water partition coefficient (Wildman–Crippen LogP) is -0.306. The van der Waals surface area contributed by atoms with Crippen molar-refractivity contribution < 1.29 is 18.8 Å². The van der Waals surface area contributed by atoms with Gasteiger partial charge in [-0.1, -0.05) is 0 Å². The molecular formula is H6F4Se. The maximum atomic E-state index is 0. The van der Waals surface area contributed by atoms with Crippen LogP contribution in [0.5, 0.6) is 0 Å². The van der Waals surface area contributed by atoms with Gasteiger partial charge >= 0.3 is 17.1 Å². The third-order valence-corrected chi connectivity index (χ3v) is 0. The molecule has 0 aliphatic heterocycles. The van der Waals surface area contributed by atoms with E-state index in [1.807, 2.05) is 0 Å². The number of halogens is 4. The molecule has 0 saturated heterocycles. The van der Waals surface area contributed by atoms with Crippen LogP contribution < -0.4 is 0 Å². The Kier molecular flexibility index (Phi) is 255000. The monoisotopic (exact) mass is 162 g/mol. The number of hydrogen-bond donors (Lipinski definition) is 0. The Morgan fingerprint density at radius 1 is 0.400 bits per heavy atom. The van der Waals surface area contributed by atoms with Gasteiger partial charge in [-0.15, -0.1) is 0 Å². The molecule has 5 heteroatoms. The number of hydrogen-bond acceptors (Lipinski definition) is 0. The van der Waals surface area contributed by atoms with Crippen molar-refractivity contribution in [3.63, 3.8) is 0 Å². The molecule has 0 saturated carbocycles. The van der Waals surface area contributed by atoms with Crippen molar-refractivity contribution in [2.75, 3.05) is 0 Å². The predicted molar refractivity (Wildman–Crippen MR) is 18.6 cm³/mol. The molecule has 0 heterocycles. The van der Waals surface area contributed by atoms with Gasteiger partial charge in [0, 0.05) is 0 Å². The minimum atomic E-state index is 0. The van der Waals surface area contributed by atoms with Gasteiger partial charge in [-0.2, -0.15) is 0 Å². The Bertz CT molecular complexity index is 3.61. The van der Waals surface area contributed by atoms with Crippen LogP contribution in [0.25, 0.3) is 0 Å². The number of rotatable bonds is 0. The Balaban J connectivity index is 0. The molecule has 0 aliphatic rings. The van der Waals surface area contributed by atoms with Crippen LogP contribution in [0.15, 0.2) is 0 Å². The molecule has 0 radical (unpaired) electrons. The van der Waals surface area contributed by atoms with Gasteiger partial charge in [-0.25, -0.2) is 0 Å². The summed E-state index contributed by atoms with van der Waals surface area (Å²) < 4.78 is 0. The Morgan fingerprint density at radius 3 is 0.400 bits per heavy atom. The molecule has 0 aromatic carbocycles. The zero-order valence-corrected chi connectivity index (χ0v) is 4.23. The molecular weight excluding hydrogens is 155 g/mol. The standard InChI is InChI=1S/4FH.H2Se/h4*1H;1H2. The van der Waals surface area contributed by atoms with Gasteiger partial charge < -0.3 is 0 Å². The summed E-state index contributed by atoms with van der Waals surface area (Å²) in [7, 11) is 0. The van der Waals surface area contributed by atoms with Gasteiger partial charge in [0.2, 0.25) is 0 Å². The summed E-state index contributed by atoms with van der Waals surface area (Å²) >= 11 is 0. The van der Waals surface area contributed by atoms with Crippen LogP contribution in [0.1, 0.15) is 0 Å². The van der Waals surface area contributed by atoms with Gasteiger partial charge in [0.15, 0.2) is 0 Å². The third-order valence-electron chi connectivity index (χ3n) is 0. The summed E-state index contributed by atoms with van der Waals surface area (Å²) in [6.45, 7) is 0. The van der Waals surface area contributed by atoms with E-state index in [1.54, 1.807) is 0 Å². The van der Waals surface area contributed by atoms with E-state index in [4.69, 9.17) is 0 Å². The van der Waals surface area contributed by atoms with Gasteiger partial charge in [0.05, 0.1) is 0 Å². The average molecular weight is 161 g/mol. The average Bonchev–Trinajstić information content (AvgIpc) is 0. The molecule has 0 spiro atoms. The van der Waals surface area contributed by atoms with E-state index in [2.05, 4.69) is 0 Å². The fourth-order valence-electron chi connectivity index (χ4n) is 0. The van der Waals surface area contributed by atoms with Crippen LogP contribution in [0.2, 0.25) is 0 Å². The van der Waals surface area contributed by atoms with E-state index < -0.39 is 0 Å². The van der Waals surface area contributed by atoms with Crippen molar-refractivity contribution in [1.82, 2.24) is 0 Å². The van der Waals surface area contributed by atoms with E-state index >= 15 is 0 Å². The molecule has 40 valence electrons. The summed E-state index contributed by atoms with van der Waals surface area (Å²) in [5.74, 6) is 0. The van der Waals surface area contributed by atoms with Gasteiger partial charge in [0.1, 0.15) is 0 Å². The van der Waals surface area contributed by atoms with Crippen molar-refractivity contribution in [2.24, 2.45) is 0 Å². The Morgan fingerprint density at radius 2 is 0.400 bits per heavy atom. The van der Waals surface area contributed by atoms with Crippen LogP contribution in [0.4, 0.5) is 18.8 Å². The van der Waals surface area contributed by atoms with E-state index in [0.29, 0.717) is 0 Å². The van der Waals surface area contributed by atoms with E-state index in [1.165, 1.54) is 0 Å². The fraction of sp³-hybridized carbons (Fsp3) is 0. The molecule has 0 amide bonds. The quantitative estimate of drug-likeness (QED) is 0.337. The van der Waals surface area contributed by atoms with Crippen LogP contribution in [0.3, 0.4) is 0 Å². The van der Waals surface area contributed by atoms with E-state index in [0.717, 1.165) is 0 Å². The summed E-state index contributed by atoms with van der Waals surface area (Å²) in [6, 6.07) is 0. The zero-order chi connectivity index (χ0) is 0. The van der Waals surface area contributed by atoms with Gasteiger partial charge in [-0.05, 0) is 0 Å². The first-order chi connectivity index (χ1) is 0. The van der Waals surface area contributed by atoms with Crippen LogP contribution in [-0.4, -0.2) is 17.1 Å². The van der Waals surface area contributed by atoms with Crippen molar-refractivity contribution in [3.8, 4) is 0 Å². The molecule has 0 rings (SSSR count). The molecule has 0 unspecified atom stereocenters. The maximum absolute atomic E-state index is 0. The van der Waals surface area contributed by atoms with Crippen molar-refractivity contribution in [3.05, 3.63) is 0 Å². The summed E-state index contributed by atoms with van der Waals surface area (Å²) in [5, 5.41) is 0. The van der Waals surface area contributed by atoms with Crippen LogP contribution >= 0.6 is 0 Å². The molecule has 0 aliphatic carbocycles. The molecule has 0 bridgehead atoms. The van der Waals surface area contributed by atoms with Gasteiger partial charge in [0.25, 0.3) is 0 Å². The first kappa shape index (κ1) is 1640. The molecule has 0 N–H and O–H groups in total. The van der Waals surface area contributed by atoms with E-state index in [-0.39, 0.29) is 35.9 Å². The molecule has 0 nitrogen and oxygen atoms in total. The van der Waals surface area contributed by atoms with E-state index in [9.17, 15) is 0 Å². The first-order valence-electron chi connectivity index (χ1n) is 0. The molecule has 5 heavy (non-hydrogen) atoms. The summed E-state index contributed by atoms with van der Waals surface area (Å²) in [6.07, 6.45) is 0. The molecule has 0 fully saturated rings. The first-order valence-corrected chi connectivity index (χ1v) is 0. The van der Waals surface area contributed by atoms with Crippen LogP contribution in [-0.2, 0) is 0 Å². The van der Waals surface area contributed by atoms with Crippen molar-refractivity contribution >= 4 is 17.1 Å². The van der Waals surface area contributed by atoms with Crippen LogP contribution in [0, 0.1) is 0 Å². The minimum absolute atomic E-state index is 0. The fourth-order valence-corrected chi connectivity index (χ4v) is 0. The second kappa shape index (κ2) is 776. The topological polar surface area (TPSA) is 0 Å². The zero-order valence-electron chi connectivity index (χ0n) is 2.13. The molecule has 0 atom stereocenters. The normalized spacial score (nSPS) is 0. The molecule has 0 aromatic rings. The second-order valence-corrected chi connectivity index (χ2v) is 0. The summed E-state index contributed by atoms with van der Waals surface area (Å²) in [4.78, 5) is 0. The molecule has 0 aromatic heterocycles. The Hall–Kier alpha value is 0.239. The van der Waals surface area contributed by atoms with Crippen molar-refractivity contribution in [2.45, 2.75) is 0 Å². The second-order valence-electron chi connectivity index (χ2n) is 0. The Labute approximate surface area is 36.9 Å². The van der Waals surface area contributed by atoms with Crippen molar-refractivity contribution in [1.29, 1.82) is 0 Å². The SMILES string of the molecule is F.F.F.F.[SeH2]. The van der Waals surface area contributed by atoms with Gasteiger partial charge in [-0.3, -0.25) is 18.8 Å². The third kappa shape index (κ3) is 371. The summed E-state index contributed by atoms with van der Waals surface area (Å²) in [5.41, 5.74) is 0.